The van der Waals surface area contributed by atoms with Gasteiger partial charge in [-0.25, -0.2) is 0 Å². The number of hydrogen-bond donors (Lipinski definition) is 1. The maximum absolute atomic E-state index is 5.21. The van der Waals surface area contributed by atoms with Crippen molar-refractivity contribution in [1.82, 2.24) is 10.2 Å². The Morgan fingerprint density at radius 2 is 1.95 bits per heavy atom. The van der Waals surface area contributed by atoms with Crippen molar-refractivity contribution in [2.45, 2.75) is 69.4 Å². The van der Waals surface area contributed by atoms with E-state index in [4.69, 9.17) is 4.74 Å². The van der Waals surface area contributed by atoms with Gasteiger partial charge in [-0.2, -0.15) is 0 Å². The number of unbranched alkanes of at least 4 members (excludes halogenated alkanes) is 1. The smallest absolute Gasteiger partial charge is 0.0462 e. The number of nitrogens with zero attached hydrogens (tertiary/aromatic N) is 1. The van der Waals surface area contributed by atoms with E-state index in [1.165, 1.54) is 71.0 Å². The molecule has 0 amide bonds. The van der Waals surface area contributed by atoms with Crippen molar-refractivity contribution in [1.29, 1.82) is 0 Å². The molecule has 0 bridgehead atoms. The van der Waals surface area contributed by atoms with Gasteiger partial charge in [-0.05, 0) is 57.9 Å². The molecule has 0 aromatic carbocycles. The topological polar surface area (TPSA) is 24.5 Å². The molecule has 3 rings (SSSR count). The summed E-state index contributed by atoms with van der Waals surface area (Å²) in [5, 5.41) is 3.97. The highest BCUT2D eigenvalue weighted by Gasteiger charge is 2.51. The van der Waals surface area contributed by atoms with Crippen LogP contribution in [-0.2, 0) is 4.74 Å². The Labute approximate surface area is 124 Å². The van der Waals surface area contributed by atoms with Crippen LogP contribution in [0.15, 0.2) is 0 Å². The predicted molar refractivity (Wildman–Crippen MR) is 83.0 cm³/mol. The van der Waals surface area contributed by atoms with Crippen molar-refractivity contribution in [3.63, 3.8) is 0 Å². The van der Waals surface area contributed by atoms with Gasteiger partial charge < -0.3 is 10.1 Å². The molecule has 3 heteroatoms. The standard InChI is InChI=1S/C17H32N2O/c1-16(15-7-8-15)13-18-17(9-3-4-10-17)14-19(16)11-5-6-12-20-2/h15,18H,3-14H2,1-2H3. The zero-order chi connectivity index (χ0) is 14.1. The normalized spacial score (nSPS) is 33.9. The number of nitrogens with one attached hydrogen (secondary N) is 1. The summed E-state index contributed by atoms with van der Waals surface area (Å²) >= 11 is 0. The minimum absolute atomic E-state index is 0.418. The number of methoxy groups -OCH3 is 1. The number of hydrogen-bond acceptors (Lipinski definition) is 3. The van der Waals surface area contributed by atoms with Gasteiger partial charge in [-0.15, -0.1) is 0 Å². The molecule has 20 heavy (non-hydrogen) atoms. The molecule has 3 fully saturated rings. The SMILES string of the molecule is COCCCCN1CC2(CCCC2)NCC1(C)C1CC1. The van der Waals surface area contributed by atoms with E-state index in [1.807, 2.05) is 7.11 Å². The number of ether oxygens (including phenoxy) is 1. The van der Waals surface area contributed by atoms with Crippen molar-refractivity contribution in [3.8, 4) is 0 Å². The molecule has 1 unspecified atom stereocenters. The summed E-state index contributed by atoms with van der Waals surface area (Å²) in [6.45, 7) is 7.18. The third-order valence-electron chi connectivity index (χ3n) is 6.08. The molecule has 1 N–H and O–H groups in total. The maximum atomic E-state index is 5.21. The summed E-state index contributed by atoms with van der Waals surface area (Å²) in [7, 11) is 1.81. The molecule has 1 spiro atoms. The van der Waals surface area contributed by atoms with Crippen LogP contribution in [0.4, 0.5) is 0 Å². The molecule has 2 aliphatic carbocycles. The molecule has 3 aliphatic rings. The highest BCUT2D eigenvalue weighted by Crippen LogP contribution is 2.46. The Hall–Kier alpha value is -0.120. The van der Waals surface area contributed by atoms with Gasteiger partial charge in [0, 0.05) is 37.9 Å². The first-order chi connectivity index (χ1) is 9.69. The van der Waals surface area contributed by atoms with Gasteiger partial charge in [0.15, 0.2) is 0 Å². The molecule has 1 saturated heterocycles. The first-order valence-electron chi connectivity index (χ1n) is 8.68. The van der Waals surface area contributed by atoms with E-state index in [-0.39, 0.29) is 0 Å². The quantitative estimate of drug-likeness (QED) is 0.757. The lowest BCUT2D eigenvalue weighted by atomic mass is 9.83. The van der Waals surface area contributed by atoms with E-state index in [0.29, 0.717) is 11.1 Å². The van der Waals surface area contributed by atoms with Crippen molar-refractivity contribution >= 4 is 0 Å². The third kappa shape index (κ3) is 2.90. The first kappa shape index (κ1) is 14.8. The lowest BCUT2D eigenvalue weighted by molar-refractivity contribution is 0.000572. The molecule has 116 valence electrons. The predicted octanol–water partition coefficient (Wildman–Crippen LogP) is 2.80. The summed E-state index contributed by atoms with van der Waals surface area (Å²) in [6, 6.07) is 0. The Morgan fingerprint density at radius 1 is 1.20 bits per heavy atom. The van der Waals surface area contributed by atoms with Crippen LogP contribution in [0, 0.1) is 5.92 Å². The molecule has 0 aromatic rings. The van der Waals surface area contributed by atoms with Crippen LogP contribution in [0.3, 0.4) is 0 Å². The second-order valence-corrected chi connectivity index (χ2v) is 7.59. The van der Waals surface area contributed by atoms with Crippen LogP contribution in [0.25, 0.3) is 0 Å². The Balaban J connectivity index is 1.62. The summed E-state index contributed by atoms with van der Waals surface area (Å²) in [5.74, 6) is 0.941. The molecule has 1 aliphatic heterocycles. The summed E-state index contributed by atoms with van der Waals surface area (Å²) in [4.78, 5) is 2.85. The average Bonchev–Trinajstić information content (AvgIpc) is 3.22. The van der Waals surface area contributed by atoms with E-state index in [9.17, 15) is 0 Å². The van der Waals surface area contributed by atoms with Crippen LogP contribution in [0.2, 0.25) is 0 Å². The molecular weight excluding hydrogens is 248 g/mol. The summed E-state index contributed by atoms with van der Waals surface area (Å²) in [6.07, 6.45) is 11.0. The highest BCUT2D eigenvalue weighted by atomic mass is 16.5. The van der Waals surface area contributed by atoms with Crippen LogP contribution < -0.4 is 5.32 Å². The average molecular weight is 280 g/mol. The van der Waals surface area contributed by atoms with Crippen LogP contribution >= 0.6 is 0 Å². The fraction of sp³-hybridized carbons (Fsp3) is 1.00. The Kier molecular flexibility index (Phi) is 4.40. The van der Waals surface area contributed by atoms with Gasteiger partial charge in [0.25, 0.3) is 0 Å². The summed E-state index contributed by atoms with van der Waals surface area (Å²) in [5.41, 5.74) is 0.872. The molecule has 3 nitrogen and oxygen atoms in total. The van der Waals surface area contributed by atoms with Gasteiger partial charge in [0.2, 0.25) is 0 Å². The zero-order valence-corrected chi connectivity index (χ0v) is 13.4. The van der Waals surface area contributed by atoms with E-state index >= 15 is 0 Å². The first-order valence-corrected chi connectivity index (χ1v) is 8.68. The van der Waals surface area contributed by atoms with Gasteiger partial charge in [-0.1, -0.05) is 12.8 Å². The minimum atomic E-state index is 0.418. The van der Waals surface area contributed by atoms with Crippen LogP contribution in [-0.4, -0.2) is 49.3 Å². The van der Waals surface area contributed by atoms with E-state index in [2.05, 4.69) is 17.1 Å². The van der Waals surface area contributed by atoms with E-state index in [1.54, 1.807) is 0 Å². The van der Waals surface area contributed by atoms with Crippen molar-refractivity contribution in [2.24, 2.45) is 5.92 Å². The molecular formula is C17H32N2O. The van der Waals surface area contributed by atoms with Gasteiger partial charge >= 0.3 is 0 Å². The Morgan fingerprint density at radius 3 is 2.60 bits per heavy atom. The number of piperazine rings is 1. The van der Waals surface area contributed by atoms with E-state index < -0.39 is 0 Å². The minimum Gasteiger partial charge on any atom is -0.385 e. The summed E-state index contributed by atoms with van der Waals surface area (Å²) < 4.78 is 5.21. The lowest BCUT2D eigenvalue weighted by Crippen LogP contribution is -2.69. The fourth-order valence-corrected chi connectivity index (χ4v) is 4.46. The molecule has 1 heterocycles. The van der Waals surface area contributed by atoms with Gasteiger partial charge in [0.1, 0.15) is 0 Å². The largest absolute Gasteiger partial charge is 0.385 e. The number of rotatable bonds is 6. The maximum Gasteiger partial charge on any atom is 0.0462 e. The highest BCUT2D eigenvalue weighted by molar-refractivity contribution is 5.10. The van der Waals surface area contributed by atoms with Crippen molar-refractivity contribution in [3.05, 3.63) is 0 Å². The van der Waals surface area contributed by atoms with Gasteiger partial charge in [-0.3, -0.25) is 4.90 Å². The van der Waals surface area contributed by atoms with Crippen LogP contribution in [0.5, 0.6) is 0 Å². The van der Waals surface area contributed by atoms with E-state index in [0.717, 1.165) is 12.5 Å². The molecule has 1 atom stereocenters. The van der Waals surface area contributed by atoms with Crippen LogP contribution in [0.1, 0.15) is 58.3 Å². The lowest BCUT2D eigenvalue weighted by Gasteiger charge is -2.53. The van der Waals surface area contributed by atoms with Crippen molar-refractivity contribution in [2.75, 3.05) is 33.4 Å². The second-order valence-electron chi connectivity index (χ2n) is 7.59. The molecule has 2 saturated carbocycles. The molecule has 0 aromatic heterocycles. The van der Waals surface area contributed by atoms with Crippen molar-refractivity contribution < 1.29 is 4.74 Å². The zero-order valence-electron chi connectivity index (χ0n) is 13.4. The monoisotopic (exact) mass is 280 g/mol. The third-order valence-corrected chi connectivity index (χ3v) is 6.08. The second kappa shape index (κ2) is 5.94. The fourth-order valence-electron chi connectivity index (χ4n) is 4.46. The molecule has 0 radical (unpaired) electrons. The van der Waals surface area contributed by atoms with Gasteiger partial charge in [0.05, 0.1) is 0 Å². The Bertz CT molecular complexity index is 323.